The van der Waals surface area contributed by atoms with E-state index >= 15 is 0 Å². The Balaban J connectivity index is 2.75. The Morgan fingerprint density at radius 2 is 2.35 bits per heavy atom. The average Bonchev–Trinajstić information content (AvgIpc) is 2.31. The zero-order chi connectivity index (χ0) is 12.8. The van der Waals surface area contributed by atoms with E-state index in [-0.39, 0.29) is 23.9 Å². The molecule has 1 amide bonds. The van der Waals surface area contributed by atoms with Gasteiger partial charge in [0, 0.05) is 12.5 Å². The lowest BCUT2D eigenvalue weighted by Crippen LogP contribution is -2.26. The van der Waals surface area contributed by atoms with Crippen LogP contribution in [0.3, 0.4) is 0 Å². The highest BCUT2D eigenvalue weighted by Gasteiger charge is 2.10. The Kier molecular flexibility index (Phi) is 4.61. The number of halogens is 1. The third kappa shape index (κ3) is 3.85. The van der Waals surface area contributed by atoms with E-state index in [9.17, 15) is 9.18 Å². The Morgan fingerprint density at radius 1 is 1.65 bits per heavy atom. The first-order valence-electron chi connectivity index (χ1n) is 5.32. The normalized spacial score (nSPS) is 11.6. The Bertz CT molecular complexity index is 454. The predicted octanol–water partition coefficient (Wildman–Crippen LogP) is 1.76. The standard InChI is InChI=1S/C12H14FN3O/c1-2-10(15)6-12(17)16-11-4-3-9(13)5-8(11)7-14/h3-5,10H,2,6,15H2,1H3,(H,16,17). The molecule has 0 aliphatic heterocycles. The molecule has 0 aliphatic rings. The zero-order valence-electron chi connectivity index (χ0n) is 9.53. The highest BCUT2D eigenvalue weighted by atomic mass is 19.1. The minimum atomic E-state index is -0.509. The topological polar surface area (TPSA) is 78.9 Å². The van der Waals surface area contributed by atoms with E-state index in [2.05, 4.69) is 5.32 Å². The number of anilines is 1. The summed E-state index contributed by atoms with van der Waals surface area (Å²) in [5.41, 5.74) is 6.04. The predicted molar refractivity (Wildman–Crippen MR) is 62.6 cm³/mol. The largest absolute Gasteiger partial charge is 0.327 e. The van der Waals surface area contributed by atoms with Gasteiger partial charge >= 0.3 is 0 Å². The first-order chi connectivity index (χ1) is 8.06. The number of rotatable bonds is 4. The summed E-state index contributed by atoms with van der Waals surface area (Å²) in [5, 5.41) is 11.3. The number of nitrogens with one attached hydrogen (secondary N) is 1. The number of carbonyl (C=O) groups is 1. The van der Waals surface area contributed by atoms with Crippen molar-refractivity contribution >= 4 is 11.6 Å². The summed E-state index contributed by atoms with van der Waals surface area (Å²) >= 11 is 0. The molecule has 0 heterocycles. The molecule has 0 saturated heterocycles. The SMILES string of the molecule is CCC(N)CC(=O)Nc1ccc(F)cc1C#N. The highest BCUT2D eigenvalue weighted by Crippen LogP contribution is 2.16. The summed E-state index contributed by atoms with van der Waals surface area (Å²) in [7, 11) is 0. The van der Waals surface area contributed by atoms with Gasteiger partial charge in [-0.2, -0.15) is 5.26 Å². The van der Waals surface area contributed by atoms with Crippen LogP contribution in [-0.4, -0.2) is 11.9 Å². The quantitative estimate of drug-likeness (QED) is 0.834. The third-order valence-corrected chi connectivity index (χ3v) is 2.35. The van der Waals surface area contributed by atoms with Crippen LogP contribution >= 0.6 is 0 Å². The maximum Gasteiger partial charge on any atom is 0.225 e. The molecule has 1 aromatic carbocycles. The second-order valence-corrected chi connectivity index (χ2v) is 3.72. The van der Waals surface area contributed by atoms with E-state index in [0.29, 0.717) is 12.1 Å². The van der Waals surface area contributed by atoms with Crippen LogP contribution in [0, 0.1) is 17.1 Å². The summed E-state index contributed by atoms with van der Waals surface area (Å²) in [6.07, 6.45) is 0.876. The minimum Gasteiger partial charge on any atom is -0.327 e. The number of carbonyl (C=O) groups excluding carboxylic acids is 1. The molecular formula is C12H14FN3O. The lowest BCUT2D eigenvalue weighted by atomic mass is 10.1. The van der Waals surface area contributed by atoms with Crippen molar-refractivity contribution in [3.63, 3.8) is 0 Å². The van der Waals surface area contributed by atoms with Crippen molar-refractivity contribution in [2.45, 2.75) is 25.8 Å². The smallest absolute Gasteiger partial charge is 0.225 e. The van der Waals surface area contributed by atoms with Crippen LogP contribution in [0.15, 0.2) is 18.2 Å². The zero-order valence-corrected chi connectivity index (χ0v) is 9.53. The molecule has 0 aliphatic carbocycles. The van der Waals surface area contributed by atoms with Gasteiger partial charge in [-0.15, -0.1) is 0 Å². The minimum absolute atomic E-state index is 0.100. The van der Waals surface area contributed by atoms with Gasteiger partial charge in [0.15, 0.2) is 0 Å². The molecule has 17 heavy (non-hydrogen) atoms. The molecule has 1 aromatic rings. The first-order valence-corrected chi connectivity index (χ1v) is 5.32. The number of hydrogen-bond donors (Lipinski definition) is 2. The van der Waals surface area contributed by atoms with Crippen molar-refractivity contribution in [1.82, 2.24) is 0 Å². The molecule has 3 N–H and O–H groups in total. The van der Waals surface area contributed by atoms with E-state index in [4.69, 9.17) is 11.0 Å². The Labute approximate surface area is 99.2 Å². The van der Waals surface area contributed by atoms with Crippen LogP contribution in [0.25, 0.3) is 0 Å². The van der Waals surface area contributed by atoms with Crippen molar-refractivity contribution in [2.24, 2.45) is 5.73 Å². The molecule has 5 heteroatoms. The molecular weight excluding hydrogens is 221 g/mol. The van der Waals surface area contributed by atoms with Crippen LogP contribution < -0.4 is 11.1 Å². The molecule has 1 unspecified atom stereocenters. The Hall–Kier alpha value is -1.93. The van der Waals surface area contributed by atoms with Crippen LogP contribution in [0.5, 0.6) is 0 Å². The summed E-state index contributed by atoms with van der Waals surface area (Å²) in [6.45, 7) is 1.89. The second kappa shape index (κ2) is 5.97. The summed E-state index contributed by atoms with van der Waals surface area (Å²) < 4.78 is 12.9. The molecule has 0 fully saturated rings. The van der Waals surface area contributed by atoms with Crippen molar-refractivity contribution in [2.75, 3.05) is 5.32 Å². The maximum absolute atomic E-state index is 12.9. The van der Waals surface area contributed by atoms with Gasteiger partial charge in [0.25, 0.3) is 0 Å². The number of benzene rings is 1. The molecule has 0 aromatic heterocycles. The molecule has 0 saturated carbocycles. The Morgan fingerprint density at radius 3 is 2.94 bits per heavy atom. The summed E-state index contributed by atoms with van der Waals surface area (Å²) in [4.78, 5) is 11.5. The fourth-order valence-corrected chi connectivity index (χ4v) is 1.30. The van der Waals surface area contributed by atoms with Gasteiger partial charge in [-0.05, 0) is 24.6 Å². The lowest BCUT2D eigenvalue weighted by Gasteiger charge is -2.10. The van der Waals surface area contributed by atoms with Crippen molar-refractivity contribution in [3.05, 3.63) is 29.6 Å². The van der Waals surface area contributed by atoms with Crippen molar-refractivity contribution in [1.29, 1.82) is 5.26 Å². The average molecular weight is 235 g/mol. The van der Waals surface area contributed by atoms with Gasteiger partial charge in [-0.3, -0.25) is 4.79 Å². The van der Waals surface area contributed by atoms with Crippen LogP contribution in [0.2, 0.25) is 0 Å². The van der Waals surface area contributed by atoms with Gasteiger partial charge in [-0.25, -0.2) is 4.39 Å². The molecule has 4 nitrogen and oxygen atoms in total. The van der Waals surface area contributed by atoms with Gasteiger partial charge in [0.1, 0.15) is 11.9 Å². The lowest BCUT2D eigenvalue weighted by molar-refractivity contribution is -0.116. The third-order valence-electron chi connectivity index (χ3n) is 2.35. The fourth-order valence-electron chi connectivity index (χ4n) is 1.30. The van der Waals surface area contributed by atoms with E-state index in [0.717, 1.165) is 6.07 Å². The van der Waals surface area contributed by atoms with Crippen LogP contribution in [0.4, 0.5) is 10.1 Å². The monoisotopic (exact) mass is 235 g/mol. The van der Waals surface area contributed by atoms with Crippen molar-refractivity contribution in [3.8, 4) is 6.07 Å². The fraction of sp³-hybridized carbons (Fsp3) is 0.333. The second-order valence-electron chi connectivity index (χ2n) is 3.72. The molecule has 0 spiro atoms. The number of nitrogens with zero attached hydrogens (tertiary/aromatic N) is 1. The summed E-state index contributed by atoms with van der Waals surface area (Å²) in [5.74, 6) is -0.785. The van der Waals surface area contributed by atoms with Gasteiger partial charge in [0.05, 0.1) is 11.3 Å². The molecule has 0 radical (unpaired) electrons. The molecule has 1 rings (SSSR count). The van der Waals surface area contributed by atoms with Gasteiger partial charge in [0.2, 0.25) is 5.91 Å². The van der Waals surface area contributed by atoms with E-state index in [1.165, 1.54) is 12.1 Å². The number of nitrogens with two attached hydrogens (primary N) is 1. The summed E-state index contributed by atoms with van der Waals surface area (Å²) in [6, 6.07) is 5.25. The van der Waals surface area contributed by atoms with E-state index in [1.54, 1.807) is 0 Å². The van der Waals surface area contributed by atoms with Gasteiger partial charge < -0.3 is 11.1 Å². The highest BCUT2D eigenvalue weighted by molar-refractivity contribution is 5.92. The molecule has 90 valence electrons. The number of amides is 1. The van der Waals surface area contributed by atoms with Crippen LogP contribution in [-0.2, 0) is 4.79 Å². The van der Waals surface area contributed by atoms with Gasteiger partial charge in [-0.1, -0.05) is 6.92 Å². The van der Waals surface area contributed by atoms with E-state index in [1.807, 2.05) is 13.0 Å². The molecule has 0 bridgehead atoms. The van der Waals surface area contributed by atoms with Crippen LogP contribution in [0.1, 0.15) is 25.3 Å². The van der Waals surface area contributed by atoms with E-state index < -0.39 is 5.82 Å². The molecule has 1 atom stereocenters. The first kappa shape index (κ1) is 13.1. The number of hydrogen-bond acceptors (Lipinski definition) is 3. The number of nitriles is 1. The van der Waals surface area contributed by atoms with Crippen molar-refractivity contribution < 1.29 is 9.18 Å². The maximum atomic E-state index is 12.9.